The molecule has 0 aliphatic rings. The number of aromatic nitrogens is 2. The average molecular weight is 927 g/mol. The van der Waals surface area contributed by atoms with Crippen LogP contribution in [0.2, 0.25) is 0 Å². The van der Waals surface area contributed by atoms with Crippen LogP contribution in [-0.4, -0.2) is 9.97 Å². The van der Waals surface area contributed by atoms with Crippen molar-refractivity contribution in [2.75, 3.05) is 0 Å². The summed E-state index contributed by atoms with van der Waals surface area (Å²) in [5, 5.41) is 4.78. The molecule has 2 nitrogen and oxygen atoms in total. The van der Waals surface area contributed by atoms with Crippen LogP contribution in [0.25, 0.3) is 71.4 Å². The first-order chi connectivity index (χ1) is 31.0. The van der Waals surface area contributed by atoms with E-state index >= 15 is 0 Å². The standard InChI is InChI=1S/C56H66N2S5/c1-7-13-20-39-36-59-53(40(39)22-14-8-2)46-31-32-48(60-46)55-43(25-17-11-5)44(26-18-12-6)56(63-55)49-34-33-47(61-49)54-42(24-16-10-4)41(23-15-9-3)52(62-54)45-30-29-38-28-27-37-21-19-35-57-50(37)51(38)58-45/h19,21,27-36H,7-18,20,22-26H2,1-6H3. The lowest BCUT2D eigenvalue weighted by Crippen LogP contribution is -1.95. The molecule has 0 unspecified atom stereocenters. The lowest BCUT2D eigenvalue weighted by Gasteiger charge is -2.09. The Labute approximate surface area is 397 Å². The molecule has 0 fully saturated rings. The highest BCUT2D eigenvalue weighted by atomic mass is 32.1. The molecule has 8 aromatic rings. The van der Waals surface area contributed by atoms with Gasteiger partial charge in [-0.3, -0.25) is 4.98 Å². The zero-order chi connectivity index (χ0) is 43.7. The van der Waals surface area contributed by atoms with E-state index in [1.807, 2.05) is 57.6 Å². The third-order valence-electron chi connectivity index (χ3n) is 12.7. The van der Waals surface area contributed by atoms with E-state index in [2.05, 4.69) is 113 Å². The summed E-state index contributed by atoms with van der Waals surface area (Å²) < 4.78 is 0. The topological polar surface area (TPSA) is 25.8 Å². The molecular formula is C56H66N2S5. The quantitative estimate of drug-likeness (QED) is 0.0598. The van der Waals surface area contributed by atoms with Crippen molar-refractivity contribution in [3.05, 3.63) is 106 Å². The lowest BCUT2D eigenvalue weighted by atomic mass is 9.96. The van der Waals surface area contributed by atoms with E-state index in [1.54, 1.807) is 27.8 Å². The van der Waals surface area contributed by atoms with Crippen LogP contribution in [0.4, 0.5) is 0 Å². The first-order valence-electron chi connectivity index (χ1n) is 24.3. The Balaban J connectivity index is 1.22. The smallest absolute Gasteiger partial charge is 0.0972 e. The van der Waals surface area contributed by atoms with Gasteiger partial charge in [-0.05, 0) is 152 Å². The minimum Gasteiger partial charge on any atom is -0.254 e. The fraction of sp³-hybridized carbons (Fsp3) is 0.429. The van der Waals surface area contributed by atoms with Gasteiger partial charge in [0.05, 0.1) is 21.6 Å². The molecule has 0 saturated carbocycles. The van der Waals surface area contributed by atoms with Gasteiger partial charge in [0.1, 0.15) is 0 Å². The Morgan fingerprint density at radius 3 is 1.35 bits per heavy atom. The molecule has 0 aliphatic carbocycles. The molecule has 0 amide bonds. The zero-order valence-electron chi connectivity index (χ0n) is 38.6. The molecule has 7 heterocycles. The van der Waals surface area contributed by atoms with E-state index in [-0.39, 0.29) is 0 Å². The normalized spacial score (nSPS) is 11.8. The van der Waals surface area contributed by atoms with Crippen molar-refractivity contribution in [3.8, 4) is 49.6 Å². The zero-order valence-corrected chi connectivity index (χ0v) is 42.7. The van der Waals surface area contributed by atoms with Crippen molar-refractivity contribution in [2.24, 2.45) is 0 Å². The van der Waals surface area contributed by atoms with Crippen molar-refractivity contribution in [2.45, 2.75) is 157 Å². The summed E-state index contributed by atoms with van der Waals surface area (Å²) in [7, 11) is 0. The van der Waals surface area contributed by atoms with Crippen molar-refractivity contribution in [3.63, 3.8) is 0 Å². The number of nitrogens with zero attached hydrogens (tertiary/aromatic N) is 2. The minimum atomic E-state index is 0.990. The molecule has 0 N–H and O–H groups in total. The van der Waals surface area contributed by atoms with Crippen LogP contribution in [0.1, 0.15) is 152 Å². The van der Waals surface area contributed by atoms with Crippen LogP contribution in [0, 0.1) is 0 Å². The van der Waals surface area contributed by atoms with Gasteiger partial charge in [0.2, 0.25) is 0 Å². The van der Waals surface area contributed by atoms with Crippen LogP contribution in [0.3, 0.4) is 0 Å². The van der Waals surface area contributed by atoms with Crippen LogP contribution < -0.4 is 0 Å². The molecule has 7 heteroatoms. The van der Waals surface area contributed by atoms with Gasteiger partial charge in [-0.15, -0.1) is 56.7 Å². The third-order valence-corrected chi connectivity index (χ3v) is 19.2. The highest BCUT2D eigenvalue weighted by Gasteiger charge is 2.26. The third kappa shape index (κ3) is 10.0. The predicted molar refractivity (Wildman–Crippen MR) is 285 cm³/mol. The van der Waals surface area contributed by atoms with E-state index in [9.17, 15) is 0 Å². The molecule has 0 radical (unpaired) electrons. The Morgan fingerprint density at radius 2 is 0.825 bits per heavy atom. The number of benzene rings is 1. The number of rotatable bonds is 23. The summed E-state index contributed by atoms with van der Waals surface area (Å²) in [6.07, 6.45) is 23.5. The van der Waals surface area contributed by atoms with Crippen LogP contribution in [0.15, 0.2) is 72.2 Å². The molecule has 0 bridgehead atoms. The fourth-order valence-corrected chi connectivity index (χ4v) is 15.6. The largest absolute Gasteiger partial charge is 0.254 e. The van der Waals surface area contributed by atoms with Crippen molar-refractivity contribution in [1.29, 1.82) is 0 Å². The van der Waals surface area contributed by atoms with E-state index in [0.29, 0.717) is 0 Å². The van der Waals surface area contributed by atoms with E-state index in [4.69, 9.17) is 9.97 Å². The number of thiophene rings is 5. The number of pyridine rings is 2. The molecule has 7 aromatic heterocycles. The fourth-order valence-electron chi connectivity index (χ4n) is 9.12. The van der Waals surface area contributed by atoms with Crippen molar-refractivity contribution in [1.82, 2.24) is 9.97 Å². The Kier molecular flexibility index (Phi) is 16.2. The molecule has 330 valence electrons. The van der Waals surface area contributed by atoms with Gasteiger partial charge in [0.15, 0.2) is 0 Å². The summed E-state index contributed by atoms with van der Waals surface area (Å²) in [6, 6.07) is 22.9. The minimum absolute atomic E-state index is 0.990. The molecular weight excluding hydrogens is 861 g/mol. The maximum Gasteiger partial charge on any atom is 0.0972 e. The average Bonchev–Trinajstić information content (AvgIpc) is 4.17. The van der Waals surface area contributed by atoms with E-state index in [0.717, 1.165) is 53.2 Å². The molecule has 0 atom stereocenters. The molecule has 1 aromatic carbocycles. The highest BCUT2D eigenvalue weighted by molar-refractivity contribution is 7.30. The molecule has 0 saturated heterocycles. The van der Waals surface area contributed by atoms with E-state index in [1.165, 1.54) is 139 Å². The Bertz CT molecular complexity index is 2730. The number of unbranched alkanes of at least 4 members (excludes halogenated alkanes) is 6. The Morgan fingerprint density at radius 1 is 0.397 bits per heavy atom. The second-order valence-corrected chi connectivity index (χ2v) is 22.4. The molecule has 0 spiro atoms. The maximum absolute atomic E-state index is 5.44. The second kappa shape index (κ2) is 22.2. The number of hydrogen-bond donors (Lipinski definition) is 0. The monoisotopic (exact) mass is 926 g/mol. The maximum atomic E-state index is 5.44. The van der Waals surface area contributed by atoms with Gasteiger partial charge in [-0.1, -0.05) is 104 Å². The van der Waals surface area contributed by atoms with Crippen LogP contribution in [0.5, 0.6) is 0 Å². The predicted octanol–water partition coefficient (Wildman–Crippen LogP) is 19.5. The number of aryl methyl sites for hydroxylation is 1. The van der Waals surface area contributed by atoms with Crippen molar-refractivity contribution < 1.29 is 0 Å². The summed E-state index contributed by atoms with van der Waals surface area (Å²) in [5.74, 6) is 0. The molecule has 8 rings (SSSR count). The first kappa shape index (κ1) is 46.1. The van der Waals surface area contributed by atoms with Crippen molar-refractivity contribution >= 4 is 78.5 Å². The van der Waals surface area contributed by atoms with Gasteiger partial charge in [0.25, 0.3) is 0 Å². The second-order valence-electron chi connectivity index (χ2n) is 17.4. The van der Waals surface area contributed by atoms with Gasteiger partial charge < -0.3 is 0 Å². The van der Waals surface area contributed by atoms with Crippen LogP contribution in [-0.2, 0) is 38.5 Å². The van der Waals surface area contributed by atoms with Gasteiger partial charge in [0, 0.05) is 56.0 Å². The summed E-state index contributed by atoms with van der Waals surface area (Å²) in [6.45, 7) is 14.0. The van der Waals surface area contributed by atoms with Gasteiger partial charge >= 0.3 is 0 Å². The number of fused-ring (bicyclic) bond motifs is 3. The van der Waals surface area contributed by atoms with E-state index < -0.39 is 0 Å². The van der Waals surface area contributed by atoms with Crippen LogP contribution >= 0.6 is 56.7 Å². The van der Waals surface area contributed by atoms with Gasteiger partial charge in [-0.2, -0.15) is 0 Å². The summed E-state index contributed by atoms with van der Waals surface area (Å²) >= 11 is 10.2. The molecule has 0 aliphatic heterocycles. The first-order valence-corrected chi connectivity index (χ1v) is 28.4. The summed E-state index contributed by atoms with van der Waals surface area (Å²) in [4.78, 5) is 23.4. The lowest BCUT2D eigenvalue weighted by molar-refractivity contribution is 0.763. The highest BCUT2D eigenvalue weighted by Crippen LogP contribution is 2.52. The van der Waals surface area contributed by atoms with Gasteiger partial charge in [-0.25, -0.2) is 4.98 Å². The molecule has 63 heavy (non-hydrogen) atoms. The SMILES string of the molecule is CCCCc1csc(-c2ccc(-c3sc(-c4ccc(-c5sc(-c6ccc7ccc8cccnc8c7n6)c(CCCC)c5CCCC)s4)c(CCCC)c3CCCC)s2)c1CCCC. The summed E-state index contributed by atoms with van der Waals surface area (Å²) in [5.41, 5.74) is 12.7. The Hall–Kier alpha value is -3.46. The number of hydrogen-bond acceptors (Lipinski definition) is 7.